The van der Waals surface area contributed by atoms with Gasteiger partial charge >= 0.3 is 5.97 Å². The molecule has 1 aliphatic carbocycles. The van der Waals surface area contributed by atoms with E-state index in [0.717, 1.165) is 47.9 Å². The Kier molecular flexibility index (Phi) is 12.6. The summed E-state index contributed by atoms with van der Waals surface area (Å²) < 4.78 is 12.2. The summed E-state index contributed by atoms with van der Waals surface area (Å²) in [6.45, 7) is 5.29. The van der Waals surface area contributed by atoms with Crippen LogP contribution in [-0.4, -0.2) is 60.5 Å². The molecule has 0 spiro atoms. The summed E-state index contributed by atoms with van der Waals surface area (Å²) in [6, 6.07) is 12.9. The maximum atomic E-state index is 13.3. The van der Waals surface area contributed by atoms with E-state index in [9.17, 15) is 14.7 Å². The van der Waals surface area contributed by atoms with Crippen LogP contribution in [0.2, 0.25) is 0 Å². The minimum atomic E-state index is -1.01. The minimum absolute atomic E-state index is 0.0377. The third-order valence-electron chi connectivity index (χ3n) is 7.18. The van der Waals surface area contributed by atoms with Crippen molar-refractivity contribution in [2.24, 2.45) is 0 Å². The Labute approximate surface area is 231 Å². The average Bonchev–Trinajstić information content (AvgIpc) is 2.93. The summed E-state index contributed by atoms with van der Waals surface area (Å²) in [5.74, 6) is -0.718. The van der Waals surface area contributed by atoms with Crippen LogP contribution in [0.4, 0.5) is 0 Å². The fourth-order valence-electron chi connectivity index (χ4n) is 5.01. The molecular formula is C31H43NO5S. The van der Waals surface area contributed by atoms with Gasteiger partial charge in [0.05, 0.1) is 18.8 Å². The van der Waals surface area contributed by atoms with Crippen LogP contribution < -0.4 is 5.32 Å². The fraction of sp³-hybridized carbons (Fsp3) is 0.548. The third kappa shape index (κ3) is 9.14. The molecule has 2 N–H and O–H groups in total. The van der Waals surface area contributed by atoms with Gasteiger partial charge in [-0.15, -0.1) is 0 Å². The summed E-state index contributed by atoms with van der Waals surface area (Å²) in [7, 11) is 0. The first kappa shape index (κ1) is 30.2. The largest absolute Gasteiger partial charge is 0.480 e. The van der Waals surface area contributed by atoms with Crippen LogP contribution >= 0.6 is 11.8 Å². The maximum absolute atomic E-state index is 13.3. The molecule has 1 aliphatic rings. The highest BCUT2D eigenvalue weighted by molar-refractivity contribution is 7.98. The van der Waals surface area contributed by atoms with Gasteiger partial charge in [0.15, 0.2) is 0 Å². The van der Waals surface area contributed by atoms with Gasteiger partial charge in [-0.05, 0) is 86.3 Å². The predicted molar refractivity (Wildman–Crippen MR) is 155 cm³/mol. The molecule has 0 aromatic heterocycles. The van der Waals surface area contributed by atoms with E-state index in [4.69, 9.17) is 9.47 Å². The smallest absolute Gasteiger partial charge is 0.326 e. The van der Waals surface area contributed by atoms with Crippen molar-refractivity contribution in [2.75, 3.05) is 25.2 Å². The fourth-order valence-corrected chi connectivity index (χ4v) is 5.48. The number of hydrogen-bond acceptors (Lipinski definition) is 5. The number of hydrogen-bond donors (Lipinski definition) is 2. The Morgan fingerprint density at radius 2 is 1.84 bits per heavy atom. The third-order valence-corrected chi connectivity index (χ3v) is 7.82. The summed E-state index contributed by atoms with van der Waals surface area (Å²) in [5, 5.41) is 12.4. The molecular weight excluding hydrogens is 498 g/mol. The van der Waals surface area contributed by atoms with Gasteiger partial charge in [0.2, 0.25) is 0 Å². The molecule has 0 radical (unpaired) electrons. The van der Waals surface area contributed by atoms with E-state index in [1.54, 1.807) is 11.8 Å². The molecule has 208 valence electrons. The summed E-state index contributed by atoms with van der Waals surface area (Å²) >= 11 is 1.56. The molecule has 6 nitrogen and oxygen atoms in total. The second-order valence-electron chi connectivity index (χ2n) is 10.1. The van der Waals surface area contributed by atoms with E-state index in [1.807, 2.05) is 56.5 Å². The number of aliphatic carboxylic acids is 1. The highest BCUT2D eigenvalue weighted by Gasteiger charge is 2.23. The molecule has 7 heteroatoms. The van der Waals surface area contributed by atoms with Gasteiger partial charge in [-0.1, -0.05) is 55.7 Å². The van der Waals surface area contributed by atoms with Crippen LogP contribution in [0.5, 0.6) is 0 Å². The van der Waals surface area contributed by atoms with Gasteiger partial charge in [0.25, 0.3) is 5.91 Å². The topological polar surface area (TPSA) is 84.9 Å². The quantitative estimate of drug-likeness (QED) is 0.276. The Bertz CT molecular complexity index is 1040. The Hall–Kier alpha value is -2.35. The average molecular weight is 542 g/mol. The highest BCUT2D eigenvalue weighted by atomic mass is 32.2. The van der Waals surface area contributed by atoms with Gasteiger partial charge in [-0.2, -0.15) is 11.8 Å². The van der Waals surface area contributed by atoms with Gasteiger partial charge in [-0.3, -0.25) is 4.79 Å². The molecule has 1 amide bonds. The molecule has 2 aromatic rings. The van der Waals surface area contributed by atoms with Crippen molar-refractivity contribution in [1.82, 2.24) is 5.32 Å². The maximum Gasteiger partial charge on any atom is 0.326 e. The Morgan fingerprint density at radius 3 is 2.53 bits per heavy atom. The number of carboxylic acids is 1. The van der Waals surface area contributed by atoms with E-state index in [2.05, 4.69) is 11.4 Å². The second kappa shape index (κ2) is 15.9. The van der Waals surface area contributed by atoms with E-state index in [-0.39, 0.29) is 12.0 Å². The van der Waals surface area contributed by atoms with E-state index < -0.39 is 12.0 Å². The lowest BCUT2D eigenvalue weighted by atomic mass is 9.92. The highest BCUT2D eigenvalue weighted by Crippen LogP contribution is 2.29. The lowest BCUT2D eigenvalue weighted by molar-refractivity contribution is -0.139. The lowest BCUT2D eigenvalue weighted by Gasteiger charge is -2.27. The Balaban J connectivity index is 1.82. The monoisotopic (exact) mass is 541 g/mol. The number of carboxylic acid groups (broad SMARTS) is 1. The Morgan fingerprint density at radius 1 is 1.08 bits per heavy atom. The molecule has 3 rings (SSSR count). The molecule has 0 aliphatic heterocycles. The molecule has 38 heavy (non-hydrogen) atoms. The number of carbonyl (C=O) groups is 2. The van der Waals surface area contributed by atoms with Crippen LogP contribution in [0.15, 0.2) is 42.5 Å². The SMILES string of the molecule is CCOCC(CCc1ccc(C(=O)NC(CCSC)C(=O)O)c(-c2ccccc2C)c1)OC1CCCCC1. The van der Waals surface area contributed by atoms with Crippen LogP contribution in [0, 0.1) is 6.92 Å². The zero-order valence-electron chi connectivity index (χ0n) is 23.0. The van der Waals surface area contributed by atoms with Crippen LogP contribution in [0.25, 0.3) is 11.1 Å². The zero-order valence-corrected chi connectivity index (χ0v) is 23.9. The number of carbonyl (C=O) groups excluding carboxylic acids is 1. The zero-order chi connectivity index (χ0) is 27.3. The standard InChI is InChI=1S/C31H43NO5S/c1-4-36-21-25(37-24-11-6-5-7-12-24)16-14-23-15-17-27(28(20-23)26-13-9-8-10-22(26)2)30(33)32-29(31(34)35)18-19-38-3/h8-10,13,15,17,20,24-25,29H,4-7,11-12,14,16,18-19,21H2,1-3H3,(H,32,33)(H,34,35). The molecule has 1 fully saturated rings. The number of rotatable bonds is 15. The van der Waals surface area contributed by atoms with Crippen molar-refractivity contribution in [3.05, 3.63) is 59.2 Å². The van der Waals surface area contributed by atoms with E-state index in [1.165, 1.54) is 19.3 Å². The van der Waals surface area contributed by atoms with Crippen molar-refractivity contribution in [1.29, 1.82) is 0 Å². The van der Waals surface area contributed by atoms with Crippen molar-refractivity contribution >= 4 is 23.6 Å². The van der Waals surface area contributed by atoms with Crippen LogP contribution in [0.1, 0.15) is 73.4 Å². The molecule has 2 aromatic carbocycles. The van der Waals surface area contributed by atoms with Gasteiger partial charge in [0.1, 0.15) is 6.04 Å². The first-order valence-corrected chi connectivity index (χ1v) is 15.3. The molecule has 2 unspecified atom stereocenters. The number of benzene rings is 2. The van der Waals surface area contributed by atoms with Crippen LogP contribution in [0.3, 0.4) is 0 Å². The number of thioether (sulfide) groups is 1. The lowest BCUT2D eigenvalue weighted by Crippen LogP contribution is -2.41. The summed E-state index contributed by atoms with van der Waals surface area (Å²) in [4.78, 5) is 25.1. The minimum Gasteiger partial charge on any atom is -0.480 e. The predicted octanol–water partition coefficient (Wildman–Crippen LogP) is 6.29. The van der Waals surface area contributed by atoms with E-state index in [0.29, 0.717) is 37.1 Å². The second-order valence-corrected chi connectivity index (χ2v) is 11.0. The van der Waals surface area contributed by atoms with Crippen molar-refractivity contribution in [3.8, 4) is 11.1 Å². The summed E-state index contributed by atoms with van der Waals surface area (Å²) in [6.07, 6.45) is 10.3. The number of nitrogens with one attached hydrogen (secondary N) is 1. The number of aryl methyl sites for hydroxylation is 2. The molecule has 1 saturated carbocycles. The van der Waals surface area contributed by atoms with Crippen molar-refractivity contribution in [3.63, 3.8) is 0 Å². The van der Waals surface area contributed by atoms with Gasteiger partial charge in [-0.25, -0.2) is 4.79 Å². The first-order valence-electron chi connectivity index (χ1n) is 13.9. The van der Waals surface area contributed by atoms with Gasteiger partial charge < -0.3 is 19.9 Å². The molecule has 2 atom stereocenters. The molecule has 0 bridgehead atoms. The van der Waals surface area contributed by atoms with Crippen LogP contribution in [-0.2, 0) is 20.7 Å². The van der Waals surface area contributed by atoms with Crippen molar-refractivity contribution in [2.45, 2.75) is 83.5 Å². The number of amides is 1. The van der Waals surface area contributed by atoms with Crippen molar-refractivity contribution < 1.29 is 24.2 Å². The normalized spacial score (nSPS) is 15.7. The number of ether oxygens (including phenoxy) is 2. The molecule has 0 saturated heterocycles. The van der Waals surface area contributed by atoms with Gasteiger partial charge in [0, 0.05) is 12.2 Å². The first-order chi connectivity index (χ1) is 18.4. The summed E-state index contributed by atoms with van der Waals surface area (Å²) in [5.41, 5.74) is 4.46. The molecule has 0 heterocycles. The van der Waals surface area contributed by atoms with E-state index >= 15 is 0 Å².